The molecule has 6 nitrogen and oxygen atoms in total. The molecule has 154 valence electrons. The van der Waals surface area contributed by atoms with E-state index in [1.165, 1.54) is 24.3 Å². The zero-order valence-corrected chi connectivity index (χ0v) is 16.6. The van der Waals surface area contributed by atoms with Crippen molar-refractivity contribution in [2.75, 3.05) is 19.8 Å². The first-order valence-electron chi connectivity index (χ1n) is 9.45. The third kappa shape index (κ3) is 6.67. The van der Waals surface area contributed by atoms with Gasteiger partial charge in [-0.2, -0.15) is 0 Å². The van der Waals surface area contributed by atoms with Gasteiger partial charge in [-0.1, -0.05) is 35.9 Å². The van der Waals surface area contributed by atoms with Crippen molar-refractivity contribution in [2.24, 2.45) is 0 Å². The molecule has 0 aliphatic heterocycles. The molecule has 0 aromatic heterocycles. The molecule has 0 heterocycles. The molecule has 0 saturated carbocycles. The Morgan fingerprint density at radius 2 is 1.33 bits per heavy atom. The van der Waals surface area contributed by atoms with Gasteiger partial charge < -0.3 is 18.9 Å². The minimum Gasteiger partial charge on any atom is -0.490 e. The van der Waals surface area contributed by atoms with Crippen molar-refractivity contribution >= 4 is 11.9 Å². The van der Waals surface area contributed by atoms with E-state index in [9.17, 15) is 9.59 Å². The molecule has 3 aromatic rings. The molecule has 0 N–H and O–H groups in total. The van der Waals surface area contributed by atoms with Gasteiger partial charge in [0.25, 0.3) is 0 Å². The first-order chi connectivity index (χ1) is 14.6. The fourth-order valence-corrected chi connectivity index (χ4v) is 2.49. The molecule has 0 radical (unpaired) electrons. The molecule has 0 aliphatic rings. The van der Waals surface area contributed by atoms with Crippen LogP contribution in [-0.4, -0.2) is 31.8 Å². The van der Waals surface area contributed by atoms with Crippen LogP contribution >= 0.6 is 0 Å². The Morgan fingerprint density at radius 1 is 0.700 bits per heavy atom. The largest absolute Gasteiger partial charge is 0.490 e. The summed E-state index contributed by atoms with van der Waals surface area (Å²) in [6.07, 6.45) is 0. The molecule has 3 aromatic carbocycles. The SMILES string of the molecule is Cc1ccc(OCC(=O)Oc2ccc(C(=O)OCCOc3ccccc3)cc2)cc1. The number of carbonyl (C=O) groups is 2. The number of aryl methyl sites for hydroxylation is 1. The number of rotatable bonds is 9. The van der Waals surface area contributed by atoms with Crippen molar-refractivity contribution in [1.82, 2.24) is 0 Å². The Bertz CT molecular complexity index is 949. The van der Waals surface area contributed by atoms with Crippen molar-refractivity contribution < 1.29 is 28.5 Å². The lowest BCUT2D eigenvalue weighted by atomic mass is 10.2. The summed E-state index contributed by atoms with van der Waals surface area (Å²) in [4.78, 5) is 24.0. The molecule has 0 unspecified atom stereocenters. The zero-order chi connectivity index (χ0) is 21.2. The second-order valence-electron chi connectivity index (χ2n) is 6.40. The van der Waals surface area contributed by atoms with Gasteiger partial charge >= 0.3 is 11.9 Å². The second-order valence-corrected chi connectivity index (χ2v) is 6.40. The van der Waals surface area contributed by atoms with E-state index in [-0.39, 0.29) is 19.8 Å². The predicted octanol–water partition coefficient (Wildman–Crippen LogP) is 4.22. The van der Waals surface area contributed by atoms with Crippen LogP contribution in [0.4, 0.5) is 0 Å². The molecule has 0 fully saturated rings. The monoisotopic (exact) mass is 406 g/mol. The van der Waals surface area contributed by atoms with Crippen molar-refractivity contribution in [3.8, 4) is 17.2 Å². The van der Waals surface area contributed by atoms with Crippen LogP contribution in [0.1, 0.15) is 15.9 Å². The fraction of sp³-hybridized carbons (Fsp3) is 0.167. The van der Waals surface area contributed by atoms with Gasteiger partial charge in [0, 0.05) is 0 Å². The van der Waals surface area contributed by atoms with Gasteiger partial charge in [0.05, 0.1) is 5.56 Å². The molecule has 0 spiro atoms. The third-order valence-electron chi connectivity index (χ3n) is 4.03. The van der Waals surface area contributed by atoms with Gasteiger partial charge in [0.15, 0.2) is 6.61 Å². The van der Waals surface area contributed by atoms with Crippen LogP contribution in [0.25, 0.3) is 0 Å². The summed E-state index contributed by atoms with van der Waals surface area (Å²) in [7, 11) is 0. The smallest absolute Gasteiger partial charge is 0.349 e. The van der Waals surface area contributed by atoms with Crippen LogP contribution in [0, 0.1) is 6.92 Å². The van der Waals surface area contributed by atoms with E-state index in [0.717, 1.165) is 5.56 Å². The summed E-state index contributed by atoms with van der Waals surface area (Å²) >= 11 is 0. The minimum atomic E-state index is -0.538. The van der Waals surface area contributed by atoms with Crippen LogP contribution in [0.5, 0.6) is 17.2 Å². The fourth-order valence-electron chi connectivity index (χ4n) is 2.49. The number of benzene rings is 3. The van der Waals surface area contributed by atoms with Gasteiger partial charge in [-0.15, -0.1) is 0 Å². The maximum absolute atomic E-state index is 12.1. The number of para-hydroxylation sites is 1. The highest BCUT2D eigenvalue weighted by atomic mass is 16.6. The van der Waals surface area contributed by atoms with Crippen molar-refractivity contribution in [3.05, 3.63) is 90.0 Å². The summed E-state index contributed by atoms with van der Waals surface area (Å²) < 4.78 is 21.2. The molecule has 6 heteroatoms. The molecule has 0 aliphatic carbocycles. The third-order valence-corrected chi connectivity index (χ3v) is 4.03. The molecular formula is C24H22O6. The van der Waals surface area contributed by atoms with E-state index in [2.05, 4.69) is 0 Å². The number of hydrogen-bond acceptors (Lipinski definition) is 6. The maximum atomic E-state index is 12.1. The Balaban J connectivity index is 1.39. The molecule has 0 atom stereocenters. The summed E-state index contributed by atoms with van der Waals surface area (Å²) in [6, 6.07) is 22.8. The normalized spacial score (nSPS) is 10.2. The van der Waals surface area contributed by atoms with Crippen LogP contribution < -0.4 is 14.2 Å². The Kier molecular flexibility index (Phi) is 7.44. The van der Waals surface area contributed by atoms with E-state index in [4.69, 9.17) is 18.9 Å². The molecule has 0 bridgehead atoms. The highest BCUT2D eigenvalue weighted by Crippen LogP contribution is 2.15. The van der Waals surface area contributed by atoms with E-state index in [1.807, 2.05) is 49.4 Å². The topological polar surface area (TPSA) is 71.1 Å². The highest BCUT2D eigenvalue weighted by Gasteiger charge is 2.10. The lowest BCUT2D eigenvalue weighted by Crippen LogP contribution is -2.17. The highest BCUT2D eigenvalue weighted by molar-refractivity contribution is 5.89. The van der Waals surface area contributed by atoms with Gasteiger partial charge in [-0.25, -0.2) is 9.59 Å². The standard InChI is InChI=1S/C24H22O6/c1-18-7-11-21(12-8-18)29-17-23(25)30-22-13-9-19(10-14-22)24(26)28-16-15-27-20-5-3-2-4-6-20/h2-14H,15-17H2,1H3. The van der Waals surface area contributed by atoms with Gasteiger partial charge in [0.2, 0.25) is 0 Å². The van der Waals surface area contributed by atoms with Crippen LogP contribution in [-0.2, 0) is 9.53 Å². The summed E-state index contributed by atoms with van der Waals surface area (Å²) in [5.74, 6) is 0.602. The molecule has 30 heavy (non-hydrogen) atoms. The molecule has 0 amide bonds. The zero-order valence-electron chi connectivity index (χ0n) is 16.6. The van der Waals surface area contributed by atoms with Crippen molar-refractivity contribution in [3.63, 3.8) is 0 Å². The van der Waals surface area contributed by atoms with E-state index >= 15 is 0 Å². The minimum absolute atomic E-state index is 0.126. The summed E-state index contributed by atoms with van der Waals surface area (Å²) in [6.45, 7) is 2.14. The number of carbonyl (C=O) groups excluding carboxylic acids is 2. The average Bonchev–Trinajstić information content (AvgIpc) is 2.77. The molecule has 0 saturated heterocycles. The van der Waals surface area contributed by atoms with Crippen molar-refractivity contribution in [2.45, 2.75) is 6.92 Å². The maximum Gasteiger partial charge on any atom is 0.349 e. The first-order valence-corrected chi connectivity index (χ1v) is 9.45. The van der Waals surface area contributed by atoms with Crippen LogP contribution in [0.15, 0.2) is 78.9 Å². The number of ether oxygens (including phenoxy) is 4. The van der Waals surface area contributed by atoms with Gasteiger partial charge in [-0.05, 0) is 55.5 Å². The Labute approximate surface area is 175 Å². The Morgan fingerprint density at radius 3 is 2.03 bits per heavy atom. The summed E-state index contributed by atoms with van der Waals surface area (Å²) in [5, 5.41) is 0. The lowest BCUT2D eigenvalue weighted by molar-refractivity contribution is -0.136. The van der Waals surface area contributed by atoms with E-state index < -0.39 is 11.9 Å². The van der Waals surface area contributed by atoms with E-state index in [0.29, 0.717) is 22.8 Å². The lowest BCUT2D eigenvalue weighted by Gasteiger charge is -2.09. The van der Waals surface area contributed by atoms with Crippen LogP contribution in [0.2, 0.25) is 0 Å². The average molecular weight is 406 g/mol. The van der Waals surface area contributed by atoms with E-state index in [1.54, 1.807) is 12.1 Å². The molecule has 3 rings (SSSR count). The number of esters is 2. The van der Waals surface area contributed by atoms with Crippen molar-refractivity contribution in [1.29, 1.82) is 0 Å². The Hall–Kier alpha value is -3.80. The van der Waals surface area contributed by atoms with Gasteiger partial charge in [-0.3, -0.25) is 0 Å². The second kappa shape index (κ2) is 10.7. The first kappa shape index (κ1) is 20.9. The van der Waals surface area contributed by atoms with Gasteiger partial charge in [0.1, 0.15) is 30.5 Å². The molecular weight excluding hydrogens is 384 g/mol. The number of hydrogen-bond donors (Lipinski definition) is 0. The summed E-state index contributed by atoms with van der Waals surface area (Å²) in [5.41, 5.74) is 1.46. The van der Waals surface area contributed by atoms with Crippen LogP contribution in [0.3, 0.4) is 0 Å². The quantitative estimate of drug-likeness (QED) is 0.301. The predicted molar refractivity (Wildman–Crippen MR) is 111 cm³/mol.